The molecule has 1 rings (SSSR count). The van der Waals surface area contributed by atoms with E-state index >= 15 is 0 Å². The van der Waals surface area contributed by atoms with Gasteiger partial charge in [0.2, 0.25) is 0 Å². The number of hydrogen-bond acceptors (Lipinski definition) is 2. The summed E-state index contributed by atoms with van der Waals surface area (Å²) in [5.41, 5.74) is 2.00. The van der Waals surface area contributed by atoms with Crippen LogP contribution in [-0.2, 0) is 13.1 Å². The zero-order valence-electron chi connectivity index (χ0n) is 16.5. The second-order valence-electron chi connectivity index (χ2n) is 6.85. The number of carbonyl (C=O) groups excluding carboxylic acids is 2. The number of hydrogen-bond donors (Lipinski definition) is 4. The van der Waals surface area contributed by atoms with E-state index < -0.39 is 0 Å². The van der Waals surface area contributed by atoms with Gasteiger partial charge in [-0.25, -0.2) is 9.59 Å². The van der Waals surface area contributed by atoms with E-state index in [9.17, 15) is 9.59 Å². The van der Waals surface area contributed by atoms with Crippen LogP contribution in [0.2, 0.25) is 0 Å². The van der Waals surface area contributed by atoms with Crippen molar-refractivity contribution < 1.29 is 9.59 Å². The summed E-state index contributed by atoms with van der Waals surface area (Å²) in [6, 6.07) is 7.88. The first-order chi connectivity index (χ1) is 12.4. The number of nitrogens with one attached hydrogen (secondary N) is 4. The van der Waals surface area contributed by atoms with Gasteiger partial charge >= 0.3 is 12.1 Å². The van der Waals surface area contributed by atoms with Crippen LogP contribution in [0, 0.1) is 0 Å². The molecule has 2 atom stereocenters. The van der Waals surface area contributed by atoms with Crippen molar-refractivity contribution in [2.24, 2.45) is 0 Å². The molecular formula is C20H34N4O2. The summed E-state index contributed by atoms with van der Waals surface area (Å²) in [6.07, 6.45) is 4.02. The highest BCUT2D eigenvalue weighted by Crippen LogP contribution is 2.05. The molecule has 0 heterocycles. The van der Waals surface area contributed by atoms with Crippen LogP contribution in [0.4, 0.5) is 9.59 Å². The summed E-state index contributed by atoms with van der Waals surface area (Å²) in [6.45, 7) is 9.11. The van der Waals surface area contributed by atoms with Gasteiger partial charge in [-0.1, -0.05) is 51.0 Å². The summed E-state index contributed by atoms with van der Waals surface area (Å²) in [5, 5.41) is 11.6. The molecule has 0 saturated heterocycles. The van der Waals surface area contributed by atoms with Gasteiger partial charge in [-0.15, -0.1) is 0 Å². The van der Waals surface area contributed by atoms with Crippen LogP contribution in [0.15, 0.2) is 24.3 Å². The third-order valence-electron chi connectivity index (χ3n) is 4.10. The smallest absolute Gasteiger partial charge is 0.315 e. The third-order valence-corrected chi connectivity index (χ3v) is 4.10. The van der Waals surface area contributed by atoms with E-state index in [2.05, 4.69) is 35.1 Å². The van der Waals surface area contributed by atoms with Gasteiger partial charge in [0.05, 0.1) is 0 Å². The van der Waals surface area contributed by atoms with E-state index in [-0.39, 0.29) is 24.1 Å². The second-order valence-corrected chi connectivity index (χ2v) is 6.85. The average molecular weight is 363 g/mol. The molecule has 0 aliphatic carbocycles. The highest BCUT2D eigenvalue weighted by atomic mass is 16.2. The van der Waals surface area contributed by atoms with Crippen LogP contribution in [-0.4, -0.2) is 24.1 Å². The van der Waals surface area contributed by atoms with Crippen LogP contribution >= 0.6 is 0 Å². The molecule has 0 aromatic heterocycles. The Morgan fingerprint density at radius 3 is 1.65 bits per heavy atom. The molecule has 4 amide bonds. The average Bonchev–Trinajstić information content (AvgIpc) is 2.59. The van der Waals surface area contributed by atoms with Gasteiger partial charge in [-0.2, -0.15) is 0 Å². The molecule has 0 radical (unpaired) electrons. The number of amides is 4. The SMILES string of the molecule is CCC[C@@H](C)NC(=O)NCc1cccc(CNC(=O)N[C@@H](C)CCC)c1. The van der Waals surface area contributed by atoms with Crippen LogP contribution in [0.5, 0.6) is 0 Å². The normalized spacial score (nSPS) is 12.8. The van der Waals surface area contributed by atoms with E-state index in [0.29, 0.717) is 13.1 Å². The van der Waals surface area contributed by atoms with Crippen molar-refractivity contribution in [3.05, 3.63) is 35.4 Å². The Balaban J connectivity index is 2.40. The van der Waals surface area contributed by atoms with Crippen molar-refractivity contribution in [1.82, 2.24) is 21.3 Å². The van der Waals surface area contributed by atoms with Gasteiger partial charge in [0, 0.05) is 25.2 Å². The Morgan fingerprint density at radius 2 is 1.27 bits per heavy atom. The second kappa shape index (κ2) is 12.2. The largest absolute Gasteiger partial charge is 0.336 e. The molecule has 26 heavy (non-hydrogen) atoms. The number of carbonyl (C=O) groups is 2. The molecule has 4 N–H and O–H groups in total. The lowest BCUT2D eigenvalue weighted by molar-refractivity contribution is 0.236. The number of benzene rings is 1. The lowest BCUT2D eigenvalue weighted by Crippen LogP contribution is -2.40. The fourth-order valence-corrected chi connectivity index (χ4v) is 2.77. The lowest BCUT2D eigenvalue weighted by Gasteiger charge is -2.15. The van der Waals surface area contributed by atoms with E-state index in [1.54, 1.807) is 0 Å². The van der Waals surface area contributed by atoms with Gasteiger partial charge in [0.15, 0.2) is 0 Å². The lowest BCUT2D eigenvalue weighted by atomic mass is 10.1. The molecule has 0 unspecified atom stereocenters. The molecule has 0 bridgehead atoms. The zero-order valence-corrected chi connectivity index (χ0v) is 16.5. The third kappa shape index (κ3) is 9.30. The van der Waals surface area contributed by atoms with Gasteiger partial charge in [-0.3, -0.25) is 0 Å². The van der Waals surface area contributed by atoms with Crippen molar-refractivity contribution in [3.8, 4) is 0 Å². The van der Waals surface area contributed by atoms with Crippen LogP contribution < -0.4 is 21.3 Å². The van der Waals surface area contributed by atoms with E-state index in [0.717, 1.165) is 36.8 Å². The van der Waals surface area contributed by atoms with Gasteiger partial charge in [-0.05, 0) is 37.8 Å². The fraction of sp³-hybridized carbons (Fsp3) is 0.600. The molecule has 146 valence electrons. The summed E-state index contributed by atoms with van der Waals surface area (Å²) in [4.78, 5) is 23.7. The summed E-state index contributed by atoms with van der Waals surface area (Å²) in [7, 11) is 0. The minimum atomic E-state index is -0.154. The topological polar surface area (TPSA) is 82.3 Å². The predicted octanol–water partition coefficient (Wildman–Crippen LogP) is 3.66. The van der Waals surface area contributed by atoms with Crippen LogP contribution in [0.25, 0.3) is 0 Å². The van der Waals surface area contributed by atoms with Crippen molar-refractivity contribution in [1.29, 1.82) is 0 Å². The summed E-state index contributed by atoms with van der Waals surface area (Å²) >= 11 is 0. The Labute approximate surface area is 157 Å². The van der Waals surface area contributed by atoms with Gasteiger partial charge < -0.3 is 21.3 Å². The quantitative estimate of drug-likeness (QED) is 0.512. The Hall–Kier alpha value is -2.24. The first-order valence-corrected chi connectivity index (χ1v) is 9.61. The molecular weight excluding hydrogens is 328 g/mol. The summed E-state index contributed by atoms with van der Waals surface area (Å²) < 4.78 is 0. The molecule has 0 saturated carbocycles. The highest BCUT2D eigenvalue weighted by molar-refractivity contribution is 5.74. The standard InChI is InChI=1S/C20H34N4O2/c1-5-8-15(3)23-19(25)21-13-17-10-7-11-18(12-17)14-22-20(26)24-16(4)9-6-2/h7,10-12,15-16H,5-6,8-9,13-14H2,1-4H3,(H2,21,23,25)(H2,22,24,26)/t15-,16+. The van der Waals surface area contributed by atoms with Gasteiger partial charge in [0.1, 0.15) is 0 Å². The van der Waals surface area contributed by atoms with Crippen molar-refractivity contribution in [2.45, 2.75) is 78.6 Å². The Kier molecular flexibility index (Phi) is 10.2. The molecule has 1 aromatic rings. The monoisotopic (exact) mass is 362 g/mol. The molecule has 6 nitrogen and oxygen atoms in total. The molecule has 0 aliphatic rings. The molecule has 6 heteroatoms. The number of urea groups is 2. The van der Waals surface area contributed by atoms with E-state index in [1.165, 1.54) is 0 Å². The minimum Gasteiger partial charge on any atom is -0.336 e. The summed E-state index contributed by atoms with van der Waals surface area (Å²) in [5.74, 6) is 0. The Bertz CT molecular complexity index is 517. The van der Waals surface area contributed by atoms with Crippen molar-refractivity contribution in [3.63, 3.8) is 0 Å². The van der Waals surface area contributed by atoms with Crippen LogP contribution in [0.3, 0.4) is 0 Å². The molecule has 0 aliphatic heterocycles. The highest BCUT2D eigenvalue weighted by Gasteiger charge is 2.07. The first-order valence-electron chi connectivity index (χ1n) is 9.61. The van der Waals surface area contributed by atoms with Crippen molar-refractivity contribution in [2.75, 3.05) is 0 Å². The molecule has 1 aromatic carbocycles. The first kappa shape index (κ1) is 21.8. The molecule has 0 spiro atoms. The zero-order chi connectivity index (χ0) is 19.4. The maximum absolute atomic E-state index is 11.9. The van der Waals surface area contributed by atoms with Crippen molar-refractivity contribution >= 4 is 12.1 Å². The number of rotatable bonds is 10. The maximum atomic E-state index is 11.9. The van der Waals surface area contributed by atoms with Crippen LogP contribution in [0.1, 0.15) is 64.5 Å². The molecule has 0 fully saturated rings. The van der Waals surface area contributed by atoms with E-state index in [1.807, 2.05) is 38.1 Å². The van der Waals surface area contributed by atoms with E-state index in [4.69, 9.17) is 0 Å². The Morgan fingerprint density at radius 1 is 0.846 bits per heavy atom. The maximum Gasteiger partial charge on any atom is 0.315 e. The fourth-order valence-electron chi connectivity index (χ4n) is 2.77. The predicted molar refractivity (Wildman–Crippen MR) is 106 cm³/mol. The minimum absolute atomic E-state index is 0.154. The van der Waals surface area contributed by atoms with Gasteiger partial charge in [0.25, 0.3) is 0 Å².